The van der Waals surface area contributed by atoms with Gasteiger partial charge in [0.25, 0.3) is 0 Å². The van der Waals surface area contributed by atoms with Crippen molar-refractivity contribution in [1.29, 1.82) is 0 Å². The maximum atomic E-state index is 11.1. The number of hydrogen-bond donors (Lipinski definition) is 2. The molecule has 3 N–H and O–H groups in total. The van der Waals surface area contributed by atoms with Crippen LogP contribution in [0.25, 0.3) is 0 Å². The molecule has 0 aliphatic carbocycles. The lowest BCUT2D eigenvalue weighted by atomic mass is 10.1. The van der Waals surface area contributed by atoms with Gasteiger partial charge in [-0.15, -0.1) is 11.8 Å². The third-order valence-electron chi connectivity index (χ3n) is 2.28. The number of carbonyl (C=O) groups is 1. The van der Waals surface area contributed by atoms with Crippen LogP contribution in [0.15, 0.2) is 27.6 Å². The van der Waals surface area contributed by atoms with E-state index in [1.54, 1.807) is 0 Å². The molecule has 0 heterocycles. The number of unbranched alkanes of at least 4 members (excludes halogenated alkanes) is 1. The maximum absolute atomic E-state index is 11.1. The highest BCUT2D eigenvalue weighted by Crippen LogP contribution is 2.29. The first-order chi connectivity index (χ1) is 8.17. The van der Waals surface area contributed by atoms with E-state index < -0.39 is 0 Å². The van der Waals surface area contributed by atoms with Crippen LogP contribution in [0.4, 0.5) is 0 Å². The summed E-state index contributed by atoms with van der Waals surface area (Å²) in [7, 11) is 0. The van der Waals surface area contributed by atoms with Crippen LogP contribution in [-0.4, -0.2) is 11.7 Å². The molecule has 1 amide bonds. The minimum absolute atomic E-state index is 0.178. The molecule has 17 heavy (non-hydrogen) atoms. The van der Waals surface area contributed by atoms with E-state index >= 15 is 0 Å². The molecule has 0 saturated heterocycles. The molecule has 0 aliphatic heterocycles. The molecule has 5 heteroatoms. The van der Waals surface area contributed by atoms with Gasteiger partial charge in [-0.2, -0.15) is 0 Å². The third kappa shape index (κ3) is 5.10. The quantitative estimate of drug-likeness (QED) is 0.279. The highest BCUT2D eigenvalue weighted by molar-refractivity contribution is 9.10. The lowest BCUT2D eigenvalue weighted by molar-refractivity contribution is -0.120. The lowest BCUT2D eigenvalue weighted by Gasteiger charge is -2.06. The molecule has 3 nitrogen and oxygen atoms in total. The van der Waals surface area contributed by atoms with Crippen molar-refractivity contribution in [3.8, 4) is 0 Å². The van der Waals surface area contributed by atoms with E-state index in [0.717, 1.165) is 15.8 Å². The van der Waals surface area contributed by atoms with E-state index in [2.05, 4.69) is 28.3 Å². The van der Waals surface area contributed by atoms with Crippen molar-refractivity contribution in [3.63, 3.8) is 0 Å². The number of nitrogens with two attached hydrogens (primary N) is 1. The minimum atomic E-state index is -0.178. The monoisotopic (exact) mass is 316 g/mol. The summed E-state index contributed by atoms with van der Waals surface area (Å²) in [4.78, 5) is 12.3. The fourth-order valence-corrected chi connectivity index (χ4v) is 3.12. The summed E-state index contributed by atoms with van der Waals surface area (Å²) in [5, 5.41) is 0. The van der Waals surface area contributed by atoms with E-state index in [4.69, 9.17) is 5.84 Å². The van der Waals surface area contributed by atoms with Crippen LogP contribution >= 0.6 is 27.7 Å². The van der Waals surface area contributed by atoms with Gasteiger partial charge in [-0.25, -0.2) is 5.84 Å². The Morgan fingerprint density at radius 3 is 2.88 bits per heavy atom. The predicted molar refractivity (Wildman–Crippen MR) is 75.8 cm³/mol. The smallest absolute Gasteiger partial charge is 0.238 e. The van der Waals surface area contributed by atoms with Crippen LogP contribution in [0, 0.1) is 0 Å². The standard InChI is InChI=1S/C12H17BrN2OS/c1-2-3-6-17-11-5-4-9(7-10(11)13)8-12(16)15-14/h4-5,7H,2-3,6,8,14H2,1H3,(H,15,16). The van der Waals surface area contributed by atoms with Crippen molar-refractivity contribution in [2.45, 2.75) is 31.1 Å². The predicted octanol–water partition coefficient (Wildman–Crippen LogP) is 2.87. The molecule has 0 spiro atoms. The lowest BCUT2D eigenvalue weighted by Crippen LogP contribution is -2.31. The Balaban J connectivity index is 2.62. The maximum Gasteiger partial charge on any atom is 0.238 e. The Morgan fingerprint density at radius 2 is 2.29 bits per heavy atom. The molecule has 0 atom stereocenters. The van der Waals surface area contributed by atoms with Gasteiger partial charge in [0.05, 0.1) is 6.42 Å². The first-order valence-electron chi connectivity index (χ1n) is 5.58. The summed E-state index contributed by atoms with van der Waals surface area (Å²) in [5.74, 6) is 6.00. The highest BCUT2D eigenvalue weighted by atomic mass is 79.9. The molecule has 94 valence electrons. The molecular formula is C12H17BrN2OS. The fourth-order valence-electron chi connectivity index (χ4n) is 1.33. The minimum Gasteiger partial charge on any atom is -0.294 e. The molecular weight excluding hydrogens is 300 g/mol. The summed E-state index contributed by atoms with van der Waals surface area (Å²) in [6.07, 6.45) is 2.74. The topological polar surface area (TPSA) is 55.1 Å². The number of benzene rings is 1. The van der Waals surface area contributed by atoms with Gasteiger partial charge in [-0.3, -0.25) is 10.2 Å². The van der Waals surface area contributed by atoms with Gasteiger partial charge in [0.15, 0.2) is 0 Å². The Kier molecular flexibility index (Phi) is 6.62. The summed E-state index contributed by atoms with van der Waals surface area (Å²) >= 11 is 5.36. The zero-order valence-electron chi connectivity index (χ0n) is 9.83. The summed E-state index contributed by atoms with van der Waals surface area (Å²) in [6.45, 7) is 2.18. The normalized spacial score (nSPS) is 10.3. The summed E-state index contributed by atoms with van der Waals surface area (Å²) in [5.41, 5.74) is 3.09. The molecule has 1 rings (SSSR count). The Bertz CT molecular complexity index is 385. The molecule has 0 aliphatic rings. The number of rotatable bonds is 6. The average molecular weight is 317 g/mol. The van der Waals surface area contributed by atoms with Crippen LogP contribution in [0.3, 0.4) is 0 Å². The summed E-state index contributed by atoms with van der Waals surface area (Å²) in [6, 6.07) is 5.99. The number of thioether (sulfide) groups is 1. The molecule has 0 unspecified atom stereocenters. The number of hydrazine groups is 1. The fraction of sp³-hybridized carbons (Fsp3) is 0.417. The second-order valence-corrected chi connectivity index (χ2v) is 5.70. The second kappa shape index (κ2) is 7.74. The van der Waals surface area contributed by atoms with Gasteiger partial charge in [0, 0.05) is 9.37 Å². The van der Waals surface area contributed by atoms with Crippen molar-refractivity contribution in [2.24, 2.45) is 5.84 Å². The van der Waals surface area contributed by atoms with Crippen LogP contribution in [0.5, 0.6) is 0 Å². The van der Waals surface area contributed by atoms with E-state index in [-0.39, 0.29) is 5.91 Å². The molecule has 1 aromatic rings. The second-order valence-electron chi connectivity index (χ2n) is 3.71. The Labute approximate surface area is 115 Å². The number of hydrogen-bond acceptors (Lipinski definition) is 3. The SMILES string of the molecule is CCCCSc1ccc(CC(=O)NN)cc1Br. The van der Waals surface area contributed by atoms with Gasteiger partial charge >= 0.3 is 0 Å². The van der Waals surface area contributed by atoms with Crippen molar-refractivity contribution < 1.29 is 4.79 Å². The van der Waals surface area contributed by atoms with E-state index in [1.165, 1.54) is 17.7 Å². The van der Waals surface area contributed by atoms with Crippen molar-refractivity contribution in [3.05, 3.63) is 28.2 Å². The first kappa shape index (κ1) is 14.5. The zero-order valence-corrected chi connectivity index (χ0v) is 12.2. The number of halogens is 1. The van der Waals surface area contributed by atoms with Gasteiger partial charge in [0.1, 0.15) is 0 Å². The highest BCUT2D eigenvalue weighted by Gasteiger charge is 2.05. The molecule has 0 fully saturated rings. The van der Waals surface area contributed by atoms with Crippen LogP contribution < -0.4 is 11.3 Å². The zero-order chi connectivity index (χ0) is 12.7. The average Bonchev–Trinajstić information content (AvgIpc) is 2.32. The van der Waals surface area contributed by atoms with Crippen LogP contribution in [-0.2, 0) is 11.2 Å². The van der Waals surface area contributed by atoms with Gasteiger partial charge in [0.2, 0.25) is 5.91 Å². The Morgan fingerprint density at radius 1 is 1.53 bits per heavy atom. The largest absolute Gasteiger partial charge is 0.294 e. The molecule has 0 bridgehead atoms. The Hall–Kier alpha value is -0.520. The molecule has 0 saturated carbocycles. The summed E-state index contributed by atoms with van der Waals surface area (Å²) < 4.78 is 1.04. The number of amides is 1. The van der Waals surface area contributed by atoms with Crippen molar-refractivity contribution >= 4 is 33.6 Å². The van der Waals surface area contributed by atoms with Crippen LogP contribution in [0.2, 0.25) is 0 Å². The van der Waals surface area contributed by atoms with Crippen LogP contribution in [0.1, 0.15) is 25.3 Å². The van der Waals surface area contributed by atoms with Crippen molar-refractivity contribution in [2.75, 3.05) is 5.75 Å². The van der Waals surface area contributed by atoms with E-state index in [1.807, 2.05) is 30.0 Å². The number of carbonyl (C=O) groups excluding carboxylic acids is 1. The van der Waals surface area contributed by atoms with E-state index in [9.17, 15) is 4.79 Å². The van der Waals surface area contributed by atoms with E-state index in [0.29, 0.717) is 6.42 Å². The number of nitrogens with one attached hydrogen (secondary N) is 1. The van der Waals surface area contributed by atoms with Crippen molar-refractivity contribution in [1.82, 2.24) is 5.43 Å². The van der Waals surface area contributed by atoms with Gasteiger partial charge in [-0.1, -0.05) is 19.4 Å². The third-order valence-corrected chi connectivity index (χ3v) is 4.36. The molecule has 1 aromatic carbocycles. The molecule has 0 aromatic heterocycles. The molecule has 0 radical (unpaired) electrons. The van der Waals surface area contributed by atoms with Gasteiger partial charge in [-0.05, 0) is 45.8 Å². The first-order valence-corrected chi connectivity index (χ1v) is 7.36. The van der Waals surface area contributed by atoms with Gasteiger partial charge < -0.3 is 0 Å².